The Hall–Kier alpha value is -1.51. The predicted octanol–water partition coefficient (Wildman–Crippen LogP) is 1.73. The topological polar surface area (TPSA) is 107 Å². The van der Waals surface area contributed by atoms with Gasteiger partial charge in [0, 0.05) is 31.8 Å². The van der Waals surface area contributed by atoms with Gasteiger partial charge in [-0.2, -0.15) is 0 Å². The number of hydrogen-bond acceptors (Lipinski definition) is 5. The van der Waals surface area contributed by atoms with E-state index < -0.39 is 14.9 Å². The monoisotopic (exact) mass is 329 g/mol. The minimum Gasteiger partial charge on any atom is -0.327 e. The van der Waals surface area contributed by atoms with Gasteiger partial charge in [0.05, 0.1) is 10.7 Å². The van der Waals surface area contributed by atoms with Crippen LogP contribution in [0.15, 0.2) is 24.3 Å². The molecule has 0 heterocycles. The summed E-state index contributed by atoms with van der Waals surface area (Å²) in [5.41, 5.74) is 6.38. The third-order valence-electron chi connectivity index (χ3n) is 3.60. The van der Waals surface area contributed by atoms with Gasteiger partial charge in [-0.3, -0.25) is 10.1 Å². The molecule has 1 aromatic carbocycles. The van der Waals surface area contributed by atoms with Gasteiger partial charge in [-0.1, -0.05) is 26.0 Å². The molecule has 0 saturated carbocycles. The quantitative estimate of drug-likeness (QED) is 0.577. The first kappa shape index (κ1) is 18.5. The molecule has 1 atom stereocenters. The second-order valence-electron chi connectivity index (χ2n) is 5.70. The highest BCUT2D eigenvalue weighted by Crippen LogP contribution is 2.16. The Labute approximate surface area is 131 Å². The fourth-order valence-corrected chi connectivity index (χ4v) is 3.06. The van der Waals surface area contributed by atoms with Crippen molar-refractivity contribution in [3.8, 4) is 0 Å². The molecular formula is C14H23N3O4S. The molecule has 0 spiro atoms. The van der Waals surface area contributed by atoms with Gasteiger partial charge in [0.1, 0.15) is 0 Å². The Morgan fingerprint density at radius 3 is 2.27 bits per heavy atom. The van der Waals surface area contributed by atoms with E-state index in [4.69, 9.17) is 5.73 Å². The highest BCUT2D eigenvalue weighted by molar-refractivity contribution is 7.88. The molecule has 0 saturated heterocycles. The molecule has 124 valence electrons. The lowest BCUT2D eigenvalue weighted by atomic mass is 10.0. The Balaban J connectivity index is 2.67. The summed E-state index contributed by atoms with van der Waals surface area (Å²) in [5.74, 6) is 0.115. The van der Waals surface area contributed by atoms with Crippen molar-refractivity contribution in [2.45, 2.75) is 32.1 Å². The molecule has 1 rings (SSSR count). The number of non-ortho nitro benzene ring substituents is 1. The third kappa shape index (κ3) is 5.36. The molecule has 0 amide bonds. The van der Waals surface area contributed by atoms with Crippen molar-refractivity contribution in [1.29, 1.82) is 0 Å². The van der Waals surface area contributed by atoms with E-state index >= 15 is 0 Å². The number of nitro groups is 1. The van der Waals surface area contributed by atoms with Gasteiger partial charge in [0.25, 0.3) is 5.69 Å². The molecule has 0 aliphatic carbocycles. The van der Waals surface area contributed by atoms with E-state index in [2.05, 4.69) is 0 Å². The van der Waals surface area contributed by atoms with E-state index in [1.165, 1.54) is 35.6 Å². The van der Waals surface area contributed by atoms with Gasteiger partial charge in [0.15, 0.2) is 0 Å². The zero-order valence-corrected chi connectivity index (χ0v) is 13.9. The average molecular weight is 329 g/mol. The van der Waals surface area contributed by atoms with E-state index in [9.17, 15) is 18.5 Å². The number of sulfonamides is 1. The maximum Gasteiger partial charge on any atom is 0.269 e. The molecule has 8 heteroatoms. The number of nitro benzene ring substituents is 1. The minimum absolute atomic E-state index is 0.0444. The molecule has 7 nitrogen and oxygen atoms in total. The summed E-state index contributed by atoms with van der Waals surface area (Å²) in [6.07, 6.45) is 0.591. The van der Waals surface area contributed by atoms with E-state index in [0.717, 1.165) is 0 Å². The number of nitrogens with zero attached hydrogens (tertiary/aromatic N) is 2. The van der Waals surface area contributed by atoms with Gasteiger partial charge in [0.2, 0.25) is 10.0 Å². The Morgan fingerprint density at radius 2 is 1.82 bits per heavy atom. The van der Waals surface area contributed by atoms with Crippen molar-refractivity contribution < 1.29 is 13.3 Å². The summed E-state index contributed by atoms with van der Waals surface area (Å²) in [6.45, 7) is 4.35. The zero-order valence-electron chi connectivity index (χ0n) is 13.1. The Morgan fingerprint density at radius 1 is 1.27 bits per heavy atom. The lowest BCUT2D eigenvalue weighted by Crippen LogP contribution is -2.35. The maximum absolute atomic E-state index is 12.3. The van der Waals surface area contributed by atoms with Crippen molar-refractivity contribution in [2.75, 3.05) is 13.6 Å². The summed E-state index contributed by atoms with van der Waals surface area (Å²) in [4.78, 5) is 10.1. The number of hydrogen-bond donors (Lipinski definition) is 1. The van der Waals surface area contributed by atoms with Gasteiger partial charge in [-0.25, -0.2) is 12.7 Å². The van der Waals surface area contributed by atoms with Crippen LogP contribution in [0.5, 0.6) is 0 Å². The lowest BCUT2D eigenvalue weighted by molar-refractivity contribution is -0.384. The third-order valence-corrected chi connectivity index (χ3v) is 5.44. The molecular weight excluding hydrogens is 306 g/mol. The van der Waals surface area contributed by atoms with Gasteiger partial charge < -0.3 is 5.73 Å². The van der Waals surface area contributed by atoms with Gasteiger partial charge in [-0.05, 0) is 17.9 Å². The molecule has 0 bridgehead atoms. The van der Waals surface area contributed by atoms with Crippen LogP contribution >= 0.6 is 0 Å². The van der Waals surface area contributed by atoms with Crippen LogP contribution in [0.3, 0.4) is 0 Å². The smallest absolute Gasteiger partial charge is 0.269 e. The van der Waals surface area contributed by atoms with Crippen LogP contribution in [0.2, 0.25) is 0 Å². The summed E-state index contributed by atoms with van der Waals surface area (Å²) in [6, 6.07) is 5.49. The number of benzene rings is 1. The molecule has 0 aliphatic heterocycles. The second kappa shape index (κ2) is 7.66. The molecule has 0 fully saturated rings. The van der Waals surface area contributed by atoms with Gasteiger partial charge in [-0.15, -0.1) is 0 Å². The summed E-state index contributed by atoms with van der Waals surface area (Å²) in [7, 11) is -1.94. The molecule has 22 heavy (non-hydrogen) atoms. The van der Waals surface area contributed by atoms with Crippen molar-refractivity contribution in [1.82, 2.24) is 4.31 Å². The lowest BCUT2D eigenvalue weighted by Gasteiger charge is -2.21. The highest BCUT2D eigenvalue weighted by Gasteiger charge is 2.20. The van der Waals surface area contributed by atoms with Crippen molar-refractivity contribution in [2.24, 2.45) is 11.7 Å². The fourth-order valence-electron chi connectivity index (χ4n) is 1.84. The summed E-state index contributed by atoms with van der Waals surface area (Å²) in [5, 5.41) is 10.6. The van der Waals surface area contributed by atoms with Crippen LogP contribution in [-0.2, 0) is 15.8 Å². The highest BCUT2D eigenvalue weighted by atomic mass is 32.2. The molecule has 0 aromatic heterocycles. The van der Waals surface area contributed by atoms with Crippen LogP contribution in [0.1, 0.15) is 25.8 Å². The Bertz CT molecular complexity index is 599. The maximum atomic E-state index is 12.3. The van der Waals surface area contributed by atoms with Crippen LogP contribution in [0.4, 0.5) is 5.69 Å². The number of rotatable bonds is 8. The molecule has 2 N–H and O–H groups in total. The average Bonchev–Trinajstić information content (AvgIpc) is 2.44. The van der Waals surface area contributed by atoms with Crippen LogP contribution in [-0.4, -0.2) is 37.3 Å². The standard InChI is InChI=1S/C14H23N3O4S/c1-11(2)14(15)8-9-16(3)22(20,21)10-12-4-6-13(7-5-12)17(18)19/h4-7,11,14H,8-10,15H2,1-3H3. The van der Waals surface area contributed by atoms with Crippen molar-refractivity contribution in [3.05, 3.63) is 39.9 Å². The van der Waals surface area contributed by atoms with Crippen molar-refractivity contribution in [3.63, 3.8) is 0 Å². The van der Waals surface area contributed by atoms with Crippen molar-refractivity contribution >= 4 is 15.7 Å². The van der Waals surface area contributed by atoms with E-state index in [0.29, 0.717) is 24.4 Å². The normalized spacial score (nSPS) is 13.5. The molecule has 0 aliphatic rings. The van der Waals surface area contributed by atoms with Crippen LogP contribution in [0.25, 0.3) is 0 Å². The first-order chi connectivity index (χ1) is 10.1. The SMILES string of the molecule is CC(C)C(N)CCN(C)S(=O)(=O)Cc1ccc([N+](=O)[O-])cc1. The fraction of sp³-hybridized carbons (Fsp3) is 0.571. The molecule has 0 radical (unpaired) electrons. The summed E-state index contributed by atoms with van der Waals surface area (Å²) < 4.78 is 25.8. The summed E-state index contributed by atoms with van der Waals surface area (Å²) >= 11 is 0. The first-order valence-electron chi connectivity index (χ1n) is 7.06. The largest absolute Gasteiger partial charge is 0.327 e. The van der Waals surface area contributed by atoms with Crippen LogP contribution in [0, 0.1) is 16.0 Å². The van der Waals surface area contributed by atoms with E-state index in [1.807, 2.05) is 13.8 Å². The first-order valence-corrected chi connectivity index (χ1v) is 8.67. The Kier molecular flexibility index (Phi) is 6.46. The van der Waals surface area contributed by atoms with E-state index in [-0.39, 0.29) is 17.5 Å². The predicted molar refractivity (Wildman–Crippen MR) is 85.8 cm³/mol. The van der Waals surface area contributed by atoms with Crippen LogP contribution < -0.4 is 5.73 Å². The number of nitrogens with two attached hydrogens (primary N) is 1. The molecule has 1 aromatic rings. The van der Waals surface area contributed by atoms with E-state index in [1.54, 1.807) is 0 Å². The van der Waals surface area contributed by atoms with Gasteiger partial charge >= 0.3 is 0 Å². The molecule has 1 unspecified atom stereocenters. The minimum atomic E-state index is -3.46. The zero-order chi connectivity index (χ0) is 16.9. The second-order valence-corrected chi connectivity index (χ2v) is 7.77.